The van der Waals surface area contributed by atoms with Crippen LogP contribution >= 0.6 is 0 Å². The number of anilines is 1. The Labute approximate surface area is 166 Å². The lowest BCUT2D eigenvalue weighted by Crippen LogP contribution is -2.44. The fourth-order valence-corrected chi connectivity index (χ4v) is 2.81. The van der Waals surface area contributed by atoms with Gasteiger partial charge in [0.25, 0.3) is 5.91 Å². The molecule has 0 aliphatic heterocycles. The molecule has 0 spiro atoms. The summed E-state index contributed by atoms with van der Waals surface area (Å²) in [6, 6.07) is 6.46. The van der Waals surface area contributed by atoms with Crippen molar-refractivity contribution in [3.8, 4) is 0 Å². The Hall–Kier alpha value is -3.17. The largest absolute Gasteiger partial charge is 0.345 e. The number of nitrogens with one attached hydrogen (secondary N) is 3. The molecule has 10 heteroatoms. The summed E-state index contributed by atoms with van der Waals surface area (Å²) in [5.74, 6) is -2.59. The van der Waals surface area contributed by atoms with E-state index in [2.05, 4.69) is 15.3 Å². The highest BCUT2D eigenvalue weighted by molar-refractivity contribution is 5.95. The highest BCUT2D eigenvalue weighted by Gasteiger charge is 2.41. The minimum Gasteiger partial charge on any atom is -0.345 e. The molecule has 0 bridgehead atoms. The first-order valence-electron chi connectivity index (χ1n) is 9.15. The standard InChI is InChI=1S/C17H16F3N5O2.C2H6/c18-12-5-2-1-4-11(12)17(6-3-7-17)23-16-21-8-10(9-22-16)14(26)24-25-15(27)13(19)20;1-2/h1-2,4-5,8-9,13H,3,6-7H2,(H,24,26)(H,25,27)(H,21,22,23);1-2H3. The molecule has 156 valence electrons. The molecular formula is C19H22F3N5O2. The number of aromatic nitrogens is 2. The molecule has 1 saturated carbocycles. The van der Waals surface area contributed by atoms with Crippen LogP contribution in [-0.4, -0.2) is 28.2 Å². The van der Waals surface area contributed by atoms with E-state index < -0.39 is 23.8 Å². The molecule has 3 rings (SSSR count). The Morgan fingerprint density at radius 1 is 1.07 bits per heavy atom. The smallest absolute Gasteiger partial charge is 0.317 e. The van der Waals surface area contributed by atoms with Gasteiger partial charge in [0, 0.05) is 18.0 Å². The van der Waals surface area contributed by atoms with Crippen molar-refractivity contribution in [1.29, 1.82) is 0 Å². The van der Waals surface area contributed by atoms with E-state index in [0.717, 1.165) is 6.42 Å². The van der Waals surface area contributed by atoms with Gasteiger partial charge in [-0.2, -0.15) is 8.78 Å². The molecule has 0 atom stereocenters. The van der Waals surface area contributed by atoms with Gasteiger partial charge in [0.05, 0.1) is 11.1 Å². The Bertz CT molecular complexity index is 842. The SMILES string of the molecule is CC.O=C(NNC(=O)C(F)F)c1cnc(NC2(c3ccccc3F)CCC2)nc1. The van der Waals surface area contributed by atoms with E-state index in [1.165, 1.54) is 18.5 Å². The molecule has 29 heavy (non-hydrogen) atoms. The molecule has 2 amide bonds. The molecule has 3 N–H and O–H groups in total. The predicted octanol–water partition coefficient (Wildman–Crippen LogP) is 3.16. The van der Waals surface area contributed by atoms with Crippen LogP contribution in [0.15, 0.2) is 36.7 Å². The van der Waals surface area contributed by atoms with E-state index >= 15 is 0 Å². The molecular weight excluding hydrogens is 387 g/mol. The first-order valence-corrected chi connectivity index (χ1v) is 9.15. The summed E-state index contributed by atoms with van der Waals surface area (Å²) in [5.41, 5.74) is 3.29. The zero-order valence-electron chi connectivity index (χ0n) is 16.0. The molecule has 1 aromatic heterocycles. The zero-order chi connectivity index (χ0) is 21.4. The maximum absolute atomic E-state index is 14.2. The highest BCUT2D eigenvalue weighted by Crippen LogP contribution is 2.44. The zero-order valence-corrected chi connectivity index (χ0v) is 16.0. The van der Waals surface area contributed by atoms with Crippen molar-refractivity contribution >= 4 is 17.8 Å². The number of hydrogen-bond donors (Lipinski definition) is 3. The van der Waals surface area contributed by atoms with Crippen LogP contribution in [0.2, 0.25) is 0 Å². The predicted molar refractivity (Wildman–Crippen MR) is 101 cm³/mol. The van der Waals surface area contributed by atoms with Gasteiger partial charge in [0.15, 0.2) is 0 Å². The number of nitrogens with zero attached hydrogens (tertiary/aromatic N) is 2. The van der Waals surface area contributed by atoms with E-state index in [1.807, 2.05) is 19.3 Å². The second-order valence-corrected chi connectivity index (χ2v) is 6.08. The minimum absolute atomic E-state index is 0.0383. The molecule has 0 unspecified atom stereocenters. The van der Waals surface area contributed by atoms with Crippen LogP contribution in [0.25, 0.3) is 0 Å². The van der Waals surface area contributed by atoms with Gasteiger partial charge in [0.1, 0.15) is 5.82 Å². The van der Waals surface area contributed by atoms with Crippen molar-refractivity contribution in [1.82, 2.24) is 20.8 Å². The van der Waals surface area contributed by atoms with Gasteiger partial charge in [-0.05, 0) is 25.3 Å². The average molecular weight is 409 g/mol. The van der Waals surface area contributed by atoms with Gasteiger partial charge in [-0.3, -0.25) is 20.4 Å². The van der Waals surface area contributed by atoms with E-state index in [1.54, 1.807) is 23.6 Å². The van der Waals surface area contributed by atoms with E-state index in [0.29, 0.717) is 18.4 Å². The third-order valence-electron chi connectivity index (χ3n) is 4.36. The van der Waals surface area contributed by atoms with Crippen LogP contribution in [0, 0.1) is 5.82 Å². The molecule has 1 aliphatic carbocycles. The number of hydrazine groups is 1. The quantitative estimate of drug-likeness (QED) is 0.660. The number of alkyl halides is 2. The molecule has 1 aromatic carbocycles. The summed E-state index contributed by atoms with van der Waals surface area (Å²) in [4.78, 5) is 30.6. The second-order valence-electron chi connectivity index (χ2n) is 6.08. The van der Waals surface area contributed by atoms with Gasteiger partial charge in [-0.15, -0.1) is 0 Å². The summed E-state index contributed by atoms with van der Waals surface area (Å²) >= 11 is 0. The maximum Gasteiger partial charge on any atom is 0.317 e. The molecule has 0 saturated heterocycles. The molecule has 0 radical (unpaired) electrons. The molecule has 1 heterocycles. The van der Waals surface area contributed by atoms with Crippen molar-refractivity contribution in [2.45, 2.75) is 45.1 Å². The number of halogens is 3. The number of carbonyl (C=O) groups is 2. The van der Waals surface area contributed by atoms with Crippen LogP contribution in [0.4, 0.5) is 19.1 Å². The molecule has 2 aromatic rings. The highest BCUT2D eigenvalue weighted by atomic mass is 19.3. The van der Waals surface area contributed by atoms with Crippen molar-refractivity contribution < 1.29 is 22.8 Å². The number of carbonyl (C=O) groups excluding carboxylic acids is 2. The maximum atomic E-state index is 14.2. The van der Waals surface area contributed by atoms with Crippen LogP contribution < -0.4 is 16.2 Å². The number of amides is 2. The minimum atomic E-state index is -3.25. The first kappa shape index (κ1) is 22.1. The normalized spacial score (nSPS) is 14.1. The van der Waals surface area contributed by atoms with Gasteiger partial charge in [0.2, 0.25) is 5.95 Å². The van der Waals surface area contributed by atoms with Crippen LogP contribution in [-0.2, 0) is 10.3 Å². The molecule has 1 fully saturated rings. The Morgan fingerprint density at radius 3 is 2.21 bits per heavy atom. The summed E-state index contributed by atoms with van der Waals surface area (Å²) in [6.45, 7) is 4.00. The third-order valence-corrected chi connectivity index (χ3v) is 4.36. The second kappa shape index (κ2) is 9.85. The summed E-state index contributed by atoms with van der Waals surface area (Å²) in [6.07, 6.45) is 1.44. The lowest BCUT2D eigenvalue weighted by Gasteiger charge is -2.43. The summed E-state index contributed by atoms with van der Waals surface area (Å²) < 4.78 is 38.3. The Kier molecular flexibility index (Phi) is 7.52. The van der Waals surface area contributed by atoms with Crippen molar-refractivity contribution in [3.63, 3.8) is 0 Å². The number of hydrogen-bond acceptors (Lipinski definition) is 5. The fourth-order valence-electron chi connectivity index (χ4n) is 2.81. The summed E-state index contributed by atoms with van der Waals surface area (Å²) in [7, 11) is 0. The lowest BCUT2D eigenvalue weighted by molar-refractivity contribution is -0.132. The number of benzene rings is 1. The van der Waals surface area contributed by atoms with E-state index in [-0.39, 0.29) is 17.3 Å². The summed E-state index contributed by atoms with van der Waals surface area (Å²) in [5, 5.41) is 3.12. The van der Waals surface area contributed by atoms with Gasteiger partial charge >= 0.3 is 12.3 Å². The average Bonchev–Trinajstić information content (AvgIpc) is 2.71. The van der Waals surface area contributed by atoms with Crippen molar-refractivity contribution in [2.75, 3.05) is 5.32 Å². The van der Waals surface area contributed by atoms with Gasteiger partial charge < -0.3 is 5.32 Å². The fraction of sp³-hybridized carbons (Fsp3) is 0.368. The Balaban J connectivity index is 0.00000145. The first-order chi connectivity index (χ1) is 13.9. The van der Waals surface area contributed by atoms with Gasteiger partial charge in [-0.25, -0.2) is 14.4 Å². The topological polar surface area (TPSA) is 96.0 Å². The van der Waals surface area contributed by atoms with Crippen LogP contribution in [0.1, 0.15) is 49.0 Å². The number of rotatable bonds is 5. The van der Waals surface area contributed by atoms with Crippen LogP contribution in [0.5, 0.6) is 0 Å². The third kappa shape index (κ3) is 5.21. The van der Waals surface area contributed by atoms with E-state index in [9.17, 15) is 22.8 Å². The van der Waals surface area contributed by atoms with E-state index in [4.69, 9.17) is 0 Å². The lowest BCUT2D eigenvalue weighted by atomic mass is 9.71. The monoisotopic (exact) mass is 409 g/mol. The molecule has 7 nitrogen and oxygen atoms in total. The van der Waals surface area contributed by atoms with Crippen molar-refractivity contribution in [3.05, 3.63) is 53.6 Å². The molecule has 1 aliphatic rings. The van der Waals surface area contributed by atoms with Gasteiger partial charge in [-0.1, -0.05) is 32.0 Å². The van der Waals surface area contributed by atoms with Crippen molar-refractivity contribution in [2.24, 2.45) is 0 Å². The Morgan fingerprint density at radius 2 is 1.69 bits per heavy atom. The van der Waals surface area contributed by atoms with Crippen LogP contribution in [0.3, 0.4) is 0 Å².